The van der Waals surface area contributed by atoms with Crippen LogP contribution in [0.25, 0.3) is 0 Å². The maximum Gasteiger partial charge on any atom is 0.488 e. The highest BCUT2D eigenvalue weighted by atomic mass is 16.4. The molecule has 0 aliphatic heterocycles. The number of benzene rings is 1. The molecular weight excluding hydrogens is 209 g/mol. The van der Waals surface area contributed by atoms with Gasteiger partial charge < -0.3 is 20.5 Å². The molecule has 6 heteroatoms. The third kappa shape index (κ3) is 3.65. The quantitative estimate of drug-likeness (QED) is 0.360. The minimum absolute atomic E-state index is 0.0376. The molecule has 1 aromatic carbocycles. The van der Waals surface area contributed by atoms with Gasteiger partial charge in [-0.2, -0.15) is 0 Å². The second-order valence-electron chi connectivity index (χ2n) is 3.33. The number of aliphatic hydroxyl groups excluding tert-OH is 1. The number of amides is 1. The lowest BCUT2D eigenvalue weighted by Gasteiger charge is -2.05. The van der Waals surface area contributed by atoms with E-state index >= 15 is 0 Å². The van der Waals surface area contributed by atoms with Crippen LogP contribution >= 0.6 is 0 Å². The fraction of sp³-hybridized carbons (Fsp3) is 0.300. The van der Waals surface area contributed by atoms with Crippen molar-refractivity contribution in [2.24, 2.45) is 0 Å². The van der Waals surface area contributed by atoms with Crippen LogP contribution in [-0.4, -0.2) is 41.3 Å². The third-order valence-corrected chi connectivity index (χ3v) is 2.09. The lowest BCUT2D eigenvalue weighted by atomic mass is 9.80. The summed E-state index contributed by atoms with van der Waals surface area (Å²) in [6.07, 6.45) is 0.513. The number of hydrogen-bond acceptors (Lipinski definition) is 4. The van der Waals surface area contributed by atoms with Crippen LogP contribution in [0.4, 0.5) is 0 Å². The number of rotatable bonds is 5. The molecule has 0 aliphatic rings. The number of carbonyl (C=O) groups is 1. The number of aliphatic hydroxyl groups is 1. The van der Waals surface area contributed by atoms with Crippen LogP contribution in [-0.2, 0) is 0 Å². The van der Waals surface area contributed by atoms with Crippen molar-refractivity contribution >= 4 is 18.5 Å². The summed E-state index contributed by atoms with van der Waals surface area (Å²) in [5.41, 5.74) is 0.786. The van der Waals surface area contributed by atoms with E-state index in [9.17, 15) is 4.79 Å². The molecule has 0 saturated carbocycles. The van der Waals surface area contributed by atoms with Crippen LogP contribution in [0.15, 0.2) is 24.3 Å². The summed E-state index contributed by atoms with van der Waals surface area (Å²) >= 11 is 0. The molecule has 0 saturated heterocycles. The molecule has 0 bridgehead atoms. The van der Waals surface area contributed by atoms with Crippen molar-refractivity contribution in [3.63, 3.8) is 0 Å². The topological polar surface area (TPSA) is 89.8 Å². The van der Waals surface area contributed by atoms with Gasteiger partial charge in [0.15, 0.2) is 0 Å². The molecule has 16 heavy (non-hydrogen) atoms. The van der Waals surface area contributed by atoms with Gasteiger partial charge in [0, 0.05) is 18.7 Å². The highest BCUT2D eigenvalue weighted by Crippen LogP contribution is 1.97. The zero-order valence-electron chi connectivity index (χ0n) is 8.76. The smallest absolute Gasteiger partial charge is 0.423 e. The summed E-state index contributed by atoms with van der Waals surface area (Å²) in [6.45, 7) is 0.454. The highest BCUT2D eigenvalue weighted by molar-refractivity contribution is 6.58. The fourth-order valence-electron chi connectivity index (χ4n) is 1.19. The molecule has 0 heterocycles. The van der Waals surface area contributed by atoms with Crippen molar-refractivity contribution in [1.82, 2.24) is 5.32 Å². The largest absolute Gasteiger partial charge is 0.488 e. The molecule has 86 valence electrons. The molecule has 1 aromatic rings. The van der Waals surface area contributed by atoms with Gasteiger partial charge in [-0.25, -0.2) is 0 Å². The Morgan fingerprint density at radius 3 is 2.38 bits per heavy atom. The molecule has 0 fully saturated rings. The third-order valence-electron chi connectivity index (χ3n) is 2.09. The maximum atomic E-state index is 11.5. The van der Waals surface area contributed by atoms with Gasteiger partial charge in [0.25, 0.3) is 5.91 Å². The summed E-state index contributed by atoms with van der Waals surface area (Å²) in [7, 11) is -1.52. The fourth-order valence-corrected chi connectivity index (χ4v) is 1.19. The van der Waals surface area contributed by atoms with E-state index in [2.05, 4.69) is 5.32 Å². The SMILES string of the molecule is O=C(NCCCO)c1ccc(B(O)O)cc1. The van der Waals surface area contributed by atoms with Crippen molar-refractivity contribution in [2.45, 2.75) is 6.42 Å². The molecular formula is C10H14BNO4. The van der Waals surface area contributed by atoms with E-state index in [0.29, 0.717) is 24.0 Å². The van der Waals surface area contributed by atoms with E-state index in [-0.39, 0.29) is 12.5 Å². The van der Waals surface area contributed by atoms with Gasteiger partial charge in [0.05, 0.1) is 0 Å². The van der Waals surface area contributed by atoms with Crippen LogP contribution in [0, 0.1) is 0 Å². The predicted octanol–water partition coefficient (Wildman–Crippen LogP) is -1.52. The van der Waals surface area contributed by atoms with Gasteiger partial charge in [-0.3, -0.25) is 4.79 Å². The zero-order valence-corrected chi connectivity index (χ0v) is 8.76. The van der Waals surface area contributed by atoms with Gasteiger partial charge in [0.1, 0.15) is 0 Å². The number of hydrogen-bond donors (Lipinski definition) is 4. The highest BCUT2D eigenvalue weighted by Gasteiger charge is 2.11. The minimum atomic E-state index is -1.52. The molecule has 0 unspecified atom stereocenters. The summed E-state index contributed by atoms with van der Waals surface area (Å²) < 4.78 is 0. The lowest BCUT2D eigenvalue weighted by molar-refractivity contribution is 0.0951. The van der Waals surface area contributed by atoms with E-state index in [1.54, 1.807) is 0 Å². The molecule has 5 nitrogen and oxygen atoms in total. The van der Waals surface area contributed by atoms with Gasteiger partial charge in [-0.15, -0.1) is 0 Å². The van der Waals surface area contributed by atoms with Crippen LogP contribution in [0.3, 0.4) is 0 Å². The first-order valence-corrected chi connectivity index (χ1v) is 5.00. The van der Waals surface area contributed by atoms with Gasteiger partial charge in [-0.05, 0) is 24.0 Å². The zero-order chi connectivity index (χ0) is 12.0. The first-order chi connectivity index (χ1) is 7.65. The predicted molar refractivity (Wildman–Crippen MR) is 60.3 cm³/mol. The maximum absolute atomic E-state index is 11.5. The molecule has 1 rings (SSSR count). The molecule has 0 aliphatic carbocycles. The second-order valence-corrected chi connectivity index (χ2v) is 3.33. The summed E-state index contributed by atoms with van der Waals surface area (Å²) in [4.78, 5) is 11.5. The molecule has 0 spiro atoms. The molecule has 4 N–H and O–H groups in total. The van der Waals surface area contributed by atoms with E-state index in [0.717, 1.165) is 0 Å². The first-order valence-electron chi connectivity index (χ1n) is 5.00. The first kappa shape index (κ1) is 12.7. The van der Waals surface area contributed by atoms with Crippen molar-refractivity contribution in [3.05, 3.63) is 29.8 Å². The number of nitrogens with one attached hydrogen (secondary N) is 1. The standard InChI is InChI=1S/C10H14BNO4/c13-7-1-6-12-10(14)8-2-4-9(5-3-8)11(15)16/h2-5,13,15-16H,1,6-7H2,(H,12,14). The lowest BCUT2D eigenvalue weighted by Crippen LogP contribution is -2.30. The van der Waals surface area contributed by atoms with Crippen molar-refractivity contribution in [2.75, 3.05) is 13.2 Å². The van der Waals surface area contributed by atoms with E-state index < -0.39 is 7.12 Å². The normalized spacial score (nSPS) is 9.94. The average Bonchev–Trinajstić information content (AvgIpc) is 2.29. The Morgan fingerprint density at radius 2 is 1.88 bits per heavy atom. The Bertz CT molecular complexity index is 339. The minimum Gasteiger partial charge on any atom is -0.423 e. The van der Waals surface area contributed by atoms with Crippen LogP contribution in [0.1, 0.15) is 16.8 Å². The number of carbonyl (C=O) groups excluding carboxylic acids is 1. The van der Waals surface area contributed by atoms with E-state index in [1.807, 2.05) is 0 Å². The second kappa shape index (κ2) is 6.27. The van der Waals surface area contributed by atoms with E-state index in [1.165, 1.54) is 24.3 Å². The van der Waals surface area contributed by atoms with Crippen molar-refractivity contribution in [1.29, 1.82) is 0 Å². The van der Waals surface area contributed by atoms with Gasteiger partial charge in [-0.1, -0.05) is 12.1 Å². The molecule has 1 amide bonds. The molecule has 0 radical (unpaired) electrons. The summed E-state index contributed by atoms with van der Waals surface area (Å²) in [6, 6.07) is 5.99. The average molecular weight is 223 g/mol. The van der Waals surface area contributed by atoms with Crippen LogP contribution in [0.2, 0.25) is 0 Å². The van der Waals surface area contributed by atoms with Gasteiger partial charge in [0.2, 0.25) is 0 Å². The van der Waals surface area contributed by atoms with Crippen molar-refractivity contribution < 1.29 is 19.9 Å². The Balaban J connectivity index is 2.56. The Kier molecular flexibility index (Phi) is 4.98. The summed E-state index contributed by atoms with van der Waals surface area (Å²) in [5.74, 6) is -0.243. The Morgan fingerprint density at radius 1 is 1.25 bits per heavy atom. The van der Waals surface area contributed by atoms with Crippen LogP contribution < -0.4 is 10.8 Å². The molecule has 0 atom stereocenters. The van der Waals surface area contributed by atoms with Crippen LogP contribution in [0.5, 0.6) is 0 Å². The molecule has 0 aromatic heterocycles. The van der Waals surface area contributed by atoms with E-state index in [4.69, 9.17) is 15.2 Å². The van der Waals surface area contributed by atoms with Crippen molar-refractivity contribution in [3.8, 4) is 0 Å². The summed E-state index contributed by atoms with van der Waals surface area (Å²) in [5, 5.41) is 28.9. The Labute approximate surface area is 93.9 Å². The Hall–Kier alpha value is -1.37. The van der Waals surface area contributed by atoms with Gasteiger partial charge >= 0.3 is 7.12 Å². The monoisotopic (exact) mass is 223 g/mol.